The lowest BCUT2D eigenvalue weighted by molar-refractivity contribution is -0.143. The highest BCUT2D eigenvalue weighted by Gasteiger charge is 2.24. The van der Waals surface area contributed by atoms with Crippen LogP contribution >= 0.6 is 12.4 Å². The Labute approximate surface area is 90.6 Å². The van der Waals surface area contributed by atoms with Gasteiger partial charge in [0.15, 0.2) is 0 Å². The number of ether oxygens (including phenoxy) is 1. The molecule has 0 aliphatic carbocycles. The van der Waals surface area contributed by atoms with Gasteiger partial charge in [-0.1, -0.05) is 13.8 Å². The fraction of sp³-hybridized carbons (Fsp3) is 0.778. The van der Waals surface area contributed by atoms with Crippen molar-refractivity contribution < 1.29 is 14.3 Å². The molecule has 84 valence electrons. The highest BCUT2D eigenvalue weighted by molar-refractivity contribution is 5.85. The first-order valence-corrected chi connectivity index (χ1v) is 4.20. The highest BCUT2D eigenvalue weighted by Crippen LogP contribution is 2.25. The zero-order chi connectivity index (χ0) is 10.5. The molecule has 0 aromatic carbocycles. The van der Waals surface area contributed by atoms with Crippen LogP contribution < -0.4 is 5.73 Å². The molecule has 0 spiro atoms. The van der Waals surface area contributed by atoms with Gasteiger partial charge in [0.05, 0.1) is 20.1 Å². The summed E-state index contributed by atoms with van der Waals surface area (Å²) in [6.45, 7) is 3.72. The van der Waals surface area contributed by atoms with E-state index in [4.69, 9.17) is 5.73 Å². The summed E-state index contributed by atoms with van der Waals surface area (Å²) in [5.41, 5.74) is 4.82. The average molecular weight is 224 g/mol. The molecule has 0 aromatic heterocycles. The SMILES string of the molecule is COC(=O)CC(C)(C)CC(=O)CN.Cl. The number of nitrogens with two attached hydrogens (primary N) is 1. The Morgan fingerprint density at radius 1 is 1.29 bits per heavy atom. The van der Waals surface area contributed by atoms with E-state index < -0.39 is 0 Å². The summed E-state index contributed by atoms with van der Waals surface area (Å²) in [4.78, 5) is 22.0. The molecule has 5 heteroatoms. The first-order valence-electron chi connectivity index (χ1n) is 4.20. The fourth-order valence-electron chi connectivity index (χ4n) is 1.13. The van der Waals surface area contributed by atoms with Crippen LogP contribution in [0.15, 0.2) is 0 Å². The number of hydrogen-bond acceptors (Lipinski definition) is 4. The second-order valence-corrected chi connectivity index (χ2v) is 3.84. The van der Waals surface area contributed by atoms with Crippen LogP contribution in [0.4, 0.5) is 0 Å². The Bertz CT molecular complexity index is 184. The minimum Gasteiger partial charge on any atom is -0.469 e. The number of hydrogen-bond donors (Lipinski definition) is 1. The molecule has 0 radical (unpaired) electrons. The van der Waals surface area contributed by atoms with Crippen LogP contribution in [0.3, 0.4) is 0 Å². The molecule has 0 amide bonds. The lowest BCUT2D eigenvalue weighted by Gasteiger charge is -2.21. The van der Waals surface area contributed by atoms with Gasteiger partial charge in [-0.3, -0.25) is 9.59 Å². The summed E-state index contributed by atoms with van der Waals surface area (Å²) in [6, 6.07) is 0. The molecule has 0 saturated heterocycles. The van der Waals surface area contributed by atoms with Gasteiger partial charge in [-0.05, 0) is 5.41 Å². The third-order valence-electron chi connectivity index (χ3n) is 1.75. The van der Waals surface area contributed by atoms with Crippen molar-refractivity contribution in [3.8, 4) is 0 Å². The van der Waals surface area contributed by atoms with Crippen LogP contribution in [-0.4, -0.2) is 25.4 Å². The maximum Gasteiger partial charge on any atom is 0.306 e. The van der Waals surface area contributed by atoms with Crippen LogP contribution in [0, 0.1) is 5.41 Å². The molecule has 0 heterocycles. The quantitative estimate of drug-likeness (QED) is 0.704. The number of halogens is 1. The Kier molecular flexibility index (Phi) is 7.68. The monoisotopic (exact) mass is 223 g/mol. The van der Waals surface area contributed by atoms with Gasteiger partial charge in [-0.25, -0.2) is 0 Å². The van der Waals surface area contributed by atoms with Crippen molar-refractivity contribution in [2.24, 2.45) is 11.1 Å². The average Bonchev–Trinajstić information content (AvgIpc) is 2.02. The van der Waals surface area contributed by atoms with Gasteiger partial charge in [-0.15, -0.1) is 12.4 Å². The van der Waals surface area contributed by atoms with Crippen molar-refractivity contribution in [3.05, 3.63) is 0 Å². The number of rotatable bonds is 5. The van der Waals surface area contributed by atoms with E-state index in [2.05, 4.69) is 4.74 Å². The minimum absolute atomic E-state index is 0. The largest absolute Gasteiger partial charge is 0.469 e. The zero-order valence-corrected chi connectivity index (χ0v) is 9.65. The van der Waals surface area contributed by atoms with Crippen molar-refractivity contribution in [3.63, 3.8) is 0 Å². The summed E-state index contributed by atoms with van der Waals surface area (Å²) in [5.74, 6) is -0.330. The lowest BCUT2D eigenvalue weighted by atomic mass is 9.84. The van der Waals surface area contributed by atoms with Crippen LogP contribution in [-0.2, 0) is 14.3 Å². The molecule has 0 fully saturated rings. The van der Waals surface area contributed by atoms with Gasteiger partial charge < -0.3 is 10.5 Å². The summed E-state index contributed by atoms with van der Waals surface area (Å²) < 4.78 is 4.52. The smallest absolute Gasteiger partial charge is 0.306 e. The molecule has 0 aromatic rings. The number of methoxy groups -OCH3 is 1. The first-order chi connectivity index (χ1) is 5.91. The minimum atomic E-state index is -0.358. The van der Waals surface area contributed by atoms with Crippen LogP contribution in [0.1, 0.15) is 26.7 Å². The third-order valence-corrected chi connectivity index (χ3v) is 1.75. The second kappa shape index (κ2) is 6.79. The lowest BCUT2D eigenvalue weighted by Crippen LogP contribution is -2.25. The molecule has 0 rings (SSSR count). The van der Waals surface area contributed by atoms with E-state index >= 15 is 0 Å². The molecule has 0 atom stereocenters. The number of ketones is 1. The summed E-state index contributed by atoms with van der Waals surface area (Å²) >= 11 is 0. The molecular weight excluding hydrogens is 206 g/mol. The van der Waals surface area contributed by atoms with Gasteiger partial charge in [0.2, 0.25) is 0 Å². The fourth-order valence-corrected chi connectivity index (χ4v) is 1.13. The zero-order valence-electron chi connectivity index (χ0n) is 8.83. The second-order valence-electron chi connectivity index (χ2n) is 3.84. The van der Waals surface area contributed by atoms with E-state index in [-0.39, 0.29) is 42.5 Å². The molecule has 0 unspecified atom stereocenters. The molecule has 0 saturated carbocycles. The van der Waals surface area contributed by atoms with Crippen LogP contribution in [0.2, 0.25) is 0 Å². The molecule has 4 nitrogen and oxygen atoms in total. The van der Waals surface area contributed by atoms with Crippen LogP contribution in [0.5, 0.6) is 0 Å². The van der Waals surface area contributed by atoms with Crippen molar-refractivity contribution >= 4 is 24.2 Å². The molecule has 2 N–H and O–H groups in total. The Morgan fingerprint density at radius 3 is 2.14 bits per heavy atom. The van der Waals surface area contributed by atoms with Crippen LogP contribution in [0.25, 0.3) is 0 Å². The predicted octanol–water partition coefficient (Wildman–Crippen LogP) is 0.915. The Morgan fingerprint density at radius 2 is 1.79 bits per heavy atom. The van der Waals surface area contributed by atoms with Gasteiger partial charge >= 0.3 is 5.97 Å². The van der Waals surface area contributed by atoms with Gasteiger partial charge in [0.1, 0.15) is 5.78 Å². The van der Waals surface area contributed by atoms with Gasteiger partial charge in [0.25, 0.3) is 0 Å². The topological polar surface area (TPSA) is 69.4 Å². The van der Waals surface area contributed by atoms with Crippen molar-refractivity contribution in [2.75, 3.05) is 13.7 Å². The van der Waals surface area contributed by atoms with E-state index in [0.29, 0.717) is 6.42 Å². The van der Waals surface area contributed by atoms with E-state index in [0.717, 1.165) is 0 Å². The van der Waals surface area contributed by atoms with E-state index in [1.54, 1.807) is 0 Å². The van der Waals surface area contributed by atoms with Crippen molar-refractivity contribution in [1.29, 1.82) is 0 Å². The molecular formula is C9H18ClNO3. The highest BCUT2D eigenvalue weighted by atomic mass is 35.5. The molecule has 0 aliphatic heterocycles. The van der Waals surface area contributed by atoms with E-state index in [1.165, 1.54) is 7.11 Å². The number of carbonyl (C=O) groups excluding carboxylic acids is 2. The number of esters is 1. The third kappa shape index (κ3) is 6.86. The first kappa shape index (κ1) is 15.8. The summed E-state index contributed by atoms with van der Waals surface area (Å²) in [7, 11) is 1.34. The maximum absolute atomic E-state index is 11.0. The normalized spacial score (nSPS) is 10.3. The summed E-state index contributed by atoms with van der Waals surface area (Å²) in [5, 5.41) is 0. The Balaban J connectivity index is 0. The Hall–Kier alpha value is -0.610. The standard InChI is InChI=1S/C9H17NO3.ClH/c1-9(2,4-7(11)6-10)5-8(12)13-3;/h4-6,10H2,1-3H3;1H. The van der Waals surface area contributed by atoms with E-state index in [1.807, 2.05) is 13.8 Å². The maximum atomic E-state index is 11.0. The molecule has 0 bridgehead atoms. The van der Waals surface area contributed by atoms with Gasteiger partial charge in [-0.2, -0.15) is 0 Å². The van der Waals surface area contributed by atoms with Crippen molar-refractivity contribution in [1.82, 2.24) is 0 Å². The molecule has 14 heavy (non-hydrogen) atoms. The number of carbonyl (C=O) groups is 2. The van der Waals surface area contributed by atoms with Gasteiger partial charge in [0, 0.05) is 6.42 Å². The predicted molar refractivity (Wildman–Crippen MR) is 56.3 cm³/mol. The van der Waals surface area contributed by atoms with Crippen molar-refractivity contribution in [2.45, 2.75) is 26.7 Å². The van der Waals surface area contributed by atoms with E-state index in [9.17, 15) is 9.59 Å². The number of Topliss-reactive ketones (excluding diaryl/α,β-unsaturated/α-hetero) is 1. The summed E-state index contributed by atoms with van der Waals surface area (Å²) in [6.07, 6.45) is 0.563. The molecule has 0 aliphatic rings.